The molecule has 0 saturated heterocycles. The van der Waals surface area contributed by atoms with E-state index >= 15 is 0 Å². The molecule has 0 aliphatic heterocycles. The maximum Gasteiger partial charge on any atom is 0.265 e. The predicted octanol–water partition coefficient (Wildman–Crippen LogP) is 1.19. The quantitative estimate of drug-likeness (QED) is 0.648. The molecule has 1 atom stereocenters. The summed E-state index contributed by atoms with van der Waals surface area (Å²) in [5.41, 5.74) is 0.867. The molecule has 7 heteroatoms. The van der Waals surface area contributed by atoms with E-state index in [-0.39, 0.29) is 5.91 Å². The highest BCUT2D eigenvalue weighted by molar-refractivity contribution is 7.86. The molecule has 1 rings (SSSR count). The van der Waals surface area contributed by atoms with Gasteiger partial charge in [0.1, 0.15) is 6.10 Å². The number of Topliss-reactive ketones (excluding diaryl/α,β-unsaturated/α-hetero) is 1. The van der Waals surface area contributed by atoms with E-state index in [0.29, 0.717) is 11.3 Å². The minimum Gasteiger partial charge on any atom is -0.326 e. The van der Waals surface area contributed by atoms with Gasteiger partial charge in [-0.3, -0.25) is 13.8 Å². The van der Waals surface area contributed by atoms with E-state index in [1.165, 1.54) is 26.0 Å². The lowest BCUT2D eigenvalue weighted by atomic mass is 10.1. The summed E-state index contributed by atoms with van der Waals surface area (Å²) in [7, 11) is -3.68. The number of carbonyl (C=O) groups excluding carboxylic acids is 2. The molecule has 1 amide bonds. The zero-order chi connectivity index (χ0) is 14.6. The Morgan fingerprint density at radius 3 is 2.16 bits per heavy atom. The first-order chi connectivity index (χ1) is 8.69. The molecule has 0 heterocycles. The van der Waals surface area contributed by atoms with E-state index in [9.17, 15) is 18.0 Å². The number of hydrogen-bond donors (Lipinski definition) is 1. The first kappa shape index (κ1) is 15.3. The predicted molar refractivity (Wildman–Crippen MR) is 70.5 cm³/mol. The largest absolute Gasteiger partial charge is 0.326 e. The van der Waals surface area contributed by atoms with Gasteiger partial charge in [0.2, 0.25) is 5.91 Å². The molecule has 1 N–H and O–H groups in total. The lowest BCUT2D eigenvalue weighted by Gasteiger charge is -2.10. The first-order valence-electron chi connectivity index (χ1n) is 5.49. The van der Waals surface area contributed by atoms with E-state index in [0.717, 1.165) is 6.26 Å². The number of ketones is 1. The molecular formula is C12H15NO5S. The molecule has 0 aromatic heterocycles. The van der Waals surface area contributed by atoms with Gasteiger partial charge in [0.05, 0.1) is 6.26 Å². The van der Waals surface area contributed by atoms with Crippen LogP contribution in [0.5, 0.6) is 0 Å². The van der Waals surface area contributed by atoms with Crippen molar-refractivity contribution in [1.29, 1.82) is 0 Å². The first-order valence-corrected chi connectivity index (χ1v) is 7.31. The van der Waals surface area contributed by atoms with Crippen LogP contribution in [0.1, 0.15) is 24.2 Å². The van der Waals surface area contributed by atoms with Gasteiger partial charge in [0.25, 0.3) is 10.1 Å². The number of rotatable bonds is 5. The minimum absolute atomic E-state index is 0.215. The summed E-state index contributed by atoms with van der Waals surface area (Å²) < 4.78 is 26.5. The van der Waals surface area contributed by atoms with Gasteiger partial charge in [0.15, 0.2) is 5.78 Å². The van der Waals surface area contributed by atoms with Crippen LogP contribution in [-0.2, 0) is 19.1 Å². The fourth-order valence-corrected chi connectivity index (χ4v) is 2.07. The van der Waals surface area contributed by atoms with Gasteiger partial charge in [-0.05, 0) is 31.2 Å². The standard InChI is InChI=1S/C12H15NO5S/c1-8(18-19(3,16)17)12(15)10-4-6-11(7-5-10)13-9(2)14/h4-8H,1-3H3,(H,13,14). The van der Waals surface area contributed by atoms with Crippen molar-refractivity contribution in [3.05, 3.63) is 29.8 Å². The van der Waals surface area contributed by atoms with Crippen molar-refractivity contribution in [3.8, 4) is 0 Å². The third kappa shape index (κ3) is 5.19. The van der Waals surface area contributed by atoms with Crippen molar-refractivity contribution in [2.45, 2.75) is 20.0 Å². The second-order valence-electron chi connectivity index (χ2n) is 4.07. The Labute approximate surface area is 111 Å². The van der Waals surface area contributed by atoms with Gasteiger partial charge >= 0.3 is 0 Å². The van der Waals surface area contributed by atoms with Crippen molar-refractivity contribution in [3.63, 3.8) is 0 Å². The molecule has 6 nitrogen and oxygen atoms in total. The molecular weight excluding hydrogens is 270 g/mol. The van der Waals surface area contributed by atoms with Crippen molar-refractivity contribution >= 4 is 27.5 Å². The average Bonchev–Trinajstić information content (AvgIpc) is 2.26. The highest BCUT2D eigenvalue weighted by Gasteiger charge is 2.20. The Hall–Kier alpha value is -1.73. The highest BCUT2D eigenvalue weighted by atomic mass is 32.2. The third-order valence-corrected chi connectivity index (χ3v) is 2.82. The zero-order valence-electron chi connectivity index (χ0n) is 10.8. The topological polar surface area (TPSA) is 89.5 Å². The summed E-state index contributed by atoms with van der Waals surface area (Å²) in [4.78, 5) is 22.7. The highest BCUT2D eigenvalue weighted by Crippen LogP contribution is 2.13. The maximum absolute atomic E-state index is 11.9. The number of anilines is 1. The van der Waals surface area contributed by atoms with Crippen LogP contribution in [0.2, 0.25) is 0 Å². The Balaban J connectivity index is 2.80. The van der Waals surface area contributed by atoms with Gasteiger partial charge in [-0.25, -0.2) is 0 Å². The smallest absolute Gasteiger partial charge is 0.265 e. The number of benzene rings is 1. The Bertz CT molecular complexity index is 577. The van der Waals surface area contributed by atoms with Crippen LogP contribution in [-0.4, -0.2) is 32.5 Å². The number of amides is 1. The molecule has 0 bridgehead atoms. The Morgan fingerprint density at radius 1 is 1.21 bits per heavy atom. The number of nitrogens with one attached hydrogen (secondary N) is 1. The van der Waals surface area contributed by atoms with Crippen LogP contribution in [0.4, 0.5) is 5.69 Å². The number of carbonyl (C=O) groups is 2. The summed E-state index contributed by atoms with van der Waals surface area (Å²) in [5.74, 6) is -0.660. The molecule has 0 spiro atoms. The molecule has 19 heavy (non-hydrogen) atoms. The maximum atomic E-state index is 11.9. The number of hydrogen-bond acceptors (Lipinski definition) is 5. The van der Waals surface area contributed by atoms with Crippen molar-refractivity contribution in [2.24, 2.45) is 0 Å². The lowest BCUT2D eigenvalue weighted by Crippen LogP contribution is -2.23. The van der Waals surface area contributed by atoms with Gasteiger partial charge in [-0.15, -0.1) is 0 Å². The molecule has 0 fully saturated rings. The molecule has 104 valence electrons. The van der Waals surface area contributed by atoms with E-state index in [4.69, 9.17) is 0 Å². The van der Waals surface area contributed by atoms with E-state index in [1.54, 1.807) is 12.1 Å². The molecule has 1 aromatic carbocycles. The van der Waals surface area contributed by atoms with Gasteiger partial charge in [-0.2, -0.15) is 8.42 Å². The second-order valence-corrected chi connectivity index (χ2v) is 5.67. The molecule has 0 aliphatic rings. The Kier molecular flexibility index (Phi) is 4.79. The van der Waals surface area contributed by atoms with Gasteiger partial charge in [0, 0.05) is 18.2 Å². The molecule has 0 aliphatic carbocycles. The van der Waals surface area contributed by atoms with Gasteiger partial charge < -0.3 is 5.32 Å². The van der Waals surface area contributed by atoms with Crippen LogP contribution in [0.3, 0.4) is 0 Å². The van der Waals surface area contributed by atoms with Crippen LogP contribution >= 0.6 is 0 Å². The van der Waals surface area contributed by atoms with Crippen LogP contribution in [0, 0.1) is 0 Å². The SMILES string of the molecule is CC(=O)Nc1ccc(C(=O)C(C)OS(C)(=O)=O)cc1. The fraction of sp³-hybridized carbons (Fsp3) is 0.333. The van der Waals surface area contributed by atoms with Crippen molar-refractivity contribution in [2.75, 3.05) is 11.6 Å². The van der Waals surface area contributed by atoms with Gasteiger partial charge in [-0.1, -0.05) is 0 Å². The van der Waals surface area contributed by atoms with Crippen molar-refractivity contribution < 1.29 is 22.2 Å². The van der Waals surface area contributed by atoms with Crippen LogP contribution in [0.15, 0.2) is 24.3 Å². The summed E-state index contributed by atoms with van der Waals surface area (Å²) in [6.07, 6.45) is -0.196. The van der Waals surface area contributed by atoms with Crippen LogP contribution < -0.4 is 5.32 Å². The molecule has 0 saturated carbocycles. The minimum atomic E-state index is -3.68. The monoisotopic (exact) mass is 285 g/mol. The summed E-state index contributed by atoms with van der Waals surface area (Å²) >= 11 is 0. The van der Waals surface area contributed by atoms with E-state index in [1.807, 2.05) is 0 Å². The van der Waals surface area contributed by atoms with Crippen molar-refractivity contribution in [1.82, 2.24) is 0 Å². The summed E-state index contributed by atoms with van der Waals surface area (Å²) in [6.45, 7) is 2.74. The fourth-order valence-electron chi connectivity index (χ4n) is 1.46. The van der Waals surface area contributed by atoms with E-state index < -0.39 is 22.0 Å². The zero-order valence-corrected chi connectivity index (χ0v) is 11.7. The summed E-state index contributed by atoms with van der Waals surface area (Å²) in [6, 6.07) is 6.11. The average molecular weight is 285 g/mol. The normalized spacial score (nSPS) is 12.8. The molecule has 1 unspecified atom stereocenters. The Morgan fingerprint density at radius 2 is 1.74 bits per heavy atom. The second kappa shape index (κ2) is 5.94. The molecule has 0 radical (unpaired) electrons. The third-order valence-electron chi connectivity index (χ3n) is 2.18. The summed E-state index contributed by atoms with van der Waals surface area (Å²) in [5, 5.41) is 2.56. The lowest BCUT2D eigenvalue weighted by molar-refractivity contribution is -0.114. The molecule has 1 aromatic rings. The van der Waals surface area contributed by atoms with E-state index in [2.05, 4.69) is 9.50 Å². The van der Waals surface area contributed by atoms with Crippen LogP contribution in [0.25, 0.3) is 0 Å².